The lowest BCUT2D eigenvalue weighted by Crippen LogP contribution is -2.19. The highest BCUT2D eigenvalue weighted by atomic mass is 127. The minimum atomic E-state index is -0.0221. The van der Waals surface area contributed by atoms with Crippen LogP contribution in [0.25, 0.3) is 44.6 Å². The van der Waals surface area contributed by atoms with Crippen LogP contribution in [0.3, 0.4) is 0 Å². The van der Waals surface area contributed by atoms with Gasteiger partial charge in [-0.25, -0.2) is 14.6 Å². The molecule has 0 aromatic carbocycles. The number of nitrogens with one attached hydrogen (secondary N) is 1. The number of hydrogen-bond acceptors (Lipinski definition) is 10. The van der Waals surface area contributed by atoms with Crippen molar-refractivity contribution in [3.8, 4) is 22.5 Å². The van der Waals surface area contributed by atoms with Crippen molar-refractivity contribution in [3.63, 3.8) is 0 Å². The van der Waals surface area contributed by atoms with Crippen molar-refractivity contribution in [2.24, 2.45) is 0 Å². The van der Waals surface area contributed by atoms with E-state index in [0.29, 0.717) is 5.65 Å². The first kappa shape index (κ1) is 30.6. The maximum atomic E-state index is 5.87. The monoisotopic (exact) mass is 820 g/mol. The second-order valence-electron chi connectivity index (χ2n) is 10.2. The molecule has 2 aliphatic heterocycles. The molecule has 0 radical (unpaired) electrons. The molecule has 0 bridgehead atoms. The highest BCUT2D eigenvalue weighted by Crippen LogP contribution is 2.30. The molecule has 1 atom stereocenters. The third-order valence-corrected chi connectivity index (χ3v) is 8.81. The third-order valence-electron chi connectivity index (χ3n) is 7.19. The maximum Gasteiger partial charge on any atom is 0.182 e. The van der Waals surface area contributed by atoms with E-state index in [9.17, 15) is 0 Å². The average molecular weight is 820 g/mol. The zero-order valence-corrected chi connectivity index (χ0v) is 28.5. The number of halogens is 2. The van der Waals surface area contributed by atoms with Gasteiger partial charge in [0, 0.05) is 6.61 Å². The van der Waals surface area contributed by atoms with Crippen molar-refractivity contribution < 1.29 is 18.5 Å². The molecule has 14 heteroatoms. The Labute approximate surface area is 280 Å². The number of aryl methyl sites for hydroxylation is 2. The van der Waals surface area contributed by atoms with E-state index in [4.69, 9.17) is 23.5 Å². The predicted molar refractivity (Wildman–Crippen MR) is 180 cm³/mol. The van der Waals surface area contributed by atoms with Crippen molar-refractivity contribution in [1.29, 1.82) is 0 Å². The predicted octanol–water partition coefficient (Wildman–Crippen LogP) is 7.53. The van der Waals surface area contributed by atoms with Crippen molar-refractivity contribution in [2.75, 3.05) is 13.2 Å². The van der Waals surface area contributed by atoms with Crippen LogP contribution in [0.5, 0.6) is 0 Å². The van der Waals surface area contributed by atoms with E-state index >= 15 is 0 Å². The second-order valence-corrected chi connectivity index (χ2v) is 12.3. The van der Waals surface area contributed by atoms with E-state index in [2.05, 4.69) is 81.8 Å². The fourth-order valence-electron chi connectivity index (χ4n) is 4.83. The lowest BCUT2D eigenvalue weighted by atomic mass is 10.1. The summed E-state index contributed by atoms with van der Waals surface area (Å²) >= 11 is 4.44. The molecule has 12 nitrogen and oxygen atoms in total. The number of aromatic nitrogens is 8. The average Bonchev–Trinajstić information content (AvgIpc) is 3.86. The number of fused-ring (bicyclic) bond motifs is 2. The molecular weight excluding hydrogens is 790 g/mol. The van der Waals surface area contributed by atoms with Gasteiger partial charge in [0.15, 0.2) is 17.5 Å². The number of hydrogen-bond donors (Lipinski definition) is 1. The molecule has 6 aromatic heterocycles. The summed E-state index contributed by atoms with van der Waals surface area (Å²) in [7, 11) is 0. The van der Waals surface area contributed by atoms with Crippen molar-refractivity contribution in [2.45, 2.75) is 52.2 Å². The minimum Gasteiger partial charge on any atom is -0.502 e. The van der Waals surface area contributed by atoms with Crippen LogP contribution >= 0.6 is 45.2 Å². The Morgan fingerprint density at radius 2 is 1.59 bits per heavy atom. The Morgan fingerprint density at radius 1 is 0.864 bits per heavy atom. The van der Waals surface area contributed by atoms with Gasteiger partial charge in [0.1, 0.15) is 19.9 Å². The number of pyridine rings is 2. The molecule has 228 valence electrons. The van der Waals surface area contributed by atoms with Crippen LogP contribution in [0.1, 0.15) is 49.7 Å². The molecule has 0 saturated carbocycles. The summed E-state index contributed by atoms with van der Waals surface area (Å²) in [5, 5.41) is 21.5. The summed E-state index contributed by atoms with van der Waals surface area (Å²) in [6.45, 7) is 5.50. The minimum absolute atomic E-state index is 0.0221. The lowest BCUT2D eigenvalue weighted by Gasteiger charge is -2.23. The zero-order chi connectivity index (χ0) is 30.5. The number of H-pyrrole nitrogens is 1. The normalized spacial score (nSPS) is 16.2. The van der Waals surface area contributed by atoms with Gasteiger partial charge in [-0.2, -0.15) is 10.2 Å². The summed E-state index contributed by atoms with van der Waals surface area (Å²) < 4.78 is 24.5. The summed E-state index contributed by atoms with van der Waals surface area (Å²) in [5.74, 6) is 0. The summed E-state index contributed by atoms with van der Waals surface area (Å²) in [4.78, 5) is 9.24. The van der Waals surface area contributed by atoms with Crippen molar-refractivity contribution in [3.05, 3.63) is 67.9 Å². The molecule has 0 amide bonds. The van der Waals surface area contributed by atoms with E-state index in [1.165, 1.54) is 12.8 Å². The standard InChI is InChI=1S/C15H15IN4O2.C10H7IN4O.C5H8O/c1-9-11(8-22-19-9)12-6-5-10-14(16)18-20(15(10)17-12)13-4-2-3-7-21-13;1-5-7(4-16-15-5)8-3-2-6-9(11)13-14-10(6)12-8;1-2-4-6-5-3-1/h5-6,8,13H,2-4,7H2,1H3;2-4H,1H3,(H,12,13,14);2,4H,1,3,5H2. The van der Waals surface area contributed by atoms with E-state index in [0.717, 1.165) is 90.2 Å². The quantitative estimate of drug-likeness (QED) is 0.178. The molecule has 0 aliphatic carbocycles. The number of aromatic amines is 1. The molecule has 2 aliphatic rings. The Bertz CT molecular complexity index is 1880. The smallest absolute Gasteiger partial charge is 0.182 e. The number of ether oxygens (including phenoxy) is 2. The molecular formula is C30H30I2N8O4. The second kappa shape index (κ2) is 14.2. The zero-order valence-electron chi connectivity index (χ0n) is 24.2. The van der Waals surface area contributed by atoms with Crippen LogP contribution in [0.4, 0.5) is 0 Å². The van der Waals surface area contributed by atoms with E-state index in [-0.39, 0.29) is 6.23 Å². The van der Waals surface area contributed by atoms with Gasteiger partial charge in [-0.05, 0) is 121 Å². The Balaban J connectivity index is 0.000000136. The molecule has 6 aromatic rings. The lowest BCUT2D eigenvalue weighted by molar-refractivity contribution is -0.0372. The first-order valence-electron chi connectivity index (χ1n) is 14.3. The third kappa shape index (κ3) is 6.81. The first-order valence-corrected chi connectivity index (χ1v) is 16.4. The summed E-state index contributed by atoms with van der Waals surface area (Å²) in [6, 6.07) is 7.98. The molecule has 1 saturated heterocycles. The highest BCUT2D eigenvalue weighted by Gasteiger charge is 2.22. The van der Waals surface area contributed by atoms with E-state index in [1.54, 1.807) is 18.8 Å². The van der Waals surface area contributed by atoms with Gasteiger partial charge in [-0.1, -0.05) is 10.3 Å². The van der Waals surface area contributed by atoms with Gasteiger partial charge in [0.25, 0.3) is 0 Å². The van der Waals surface area contributed by atoms with Crippen LogP contribution in [0.2, 0.25) is 0 Å². The maximum absolute atomic E-state index is 5.87. The molecule has 1 N–H and O–H groups in total. The molecule has 44 heavy (non-hydrogen) atoms. The Kier molecular flexibility index (Phi) is 9.85. The largest absolute Gasteiger partial charge is 0.502 e. The molecule has 1 unspecified atom stereocenters. The molecule has 0 spiro atoms. The molecule has 1 fully saturated rings. The number of rotatable bonds is 3. The van der Waals surface area contributed by atoms with Gasteiger partial charge in [-0.3, -0.25) is 5.10 Å². The Hall–Kier alpha value is -3.38. The number of allylic oxidation sites excluding steroid dienone is 1. The molecule has 8 rings (SSSR count). The van der Waals surface area contributed by atoms with Crippen LogP contribution in [-0.2, 0) is 9.47 Å². The molecule has 8 heterocycles. The van der Waals surface area contributed by atoms with Crippen molar-refractivity contribution in [1.82, 2.24) is 40.3 Å². The van der Waals surface area contributed by atoms with Crippen LogP contribution < -0.4 is 0 Å². The SMILES string of the molecule is C1=COCCC1.Cc1nocc1-c1ccc2c(I)[nH]nc2n1.Cc1nocc1-c1ccc2c(I)nn(C3CCCCO3)c2n1. The van der Waals surface area contributed by atoms with Crippen LogP contribution in [-0.4, -0.2) is 53.5 Å². The fourth-order valence-corrected chi connectivity index (χ4v) is 6.02. The topological polar surface area (TPSA) is 143 Å². The van der Waals surface area contributed by atoms with Crippen molar-refractivity contribution >= 4 is 67.2 Å². The van der Waals surface area contributed by atoms with E-state index < -0.39 is 0 Å². The van der Waals surface area contributed by atoms with Gasteiger partial charge in [-0.15, -0.1) is 0 Å². The first-order chi connectivity index (χ1) is 21.5. The van der Waals surface area contributed by atoms with Gasteiger partial charge >= 0.3 is 0 Å². The number of nitrogens with zero attached hydrogens (tertiary/aromatic N) is 7. The fraction of sp³-hybridized carbons (Fsp3) is 0.333. The van der Waals surface area contributed by atoms with Crippen LogP contribution in [0.15, 0.2) is 58.2 Å². The summed E-state index contributed by atoms with van der Waals surface area (Å²) in [5.41, 5.74) is 6.72. The Morgan fingerprint density at radius 3 is 2.16 bits per heavy atom. The van der Waals surface area contributed by atoms with Gasteiger partial charge in [0.2, 0.25) is 0 Å². The van der Waals surface area contributed by atoms with Gasteiger partial charge < -0.3 is 18.5 Å². The summed E-state index contributed by atoms with van der Waals surface area (Å²) in [6.07, 6.45) is 12.7. The van der Waals surface area contributed by atoms with E-state index in [1.807, 2.05) is 42.8 Å². The van der Waals surface area contributed by atoms with Crippen LogP contribution in [0, 0.1) is 21.2 Å². The highest BCUT2D eigenvalue weighted by molar-refractivity contribution is 14.1. The van der Waals surface area contributed by atoms with Gasteiger partial charge in [0.05, 0.1) is 57.5 Å².